The highest BCUT2D eigenvalue weighted by Gasteiger charge is 2.23. The van der Waals surface area contributed by atoms with Crippen LogP contribution in [-0.4, -0.2) is 11.0 Å². The maximum absolute atomic E-state index is 2.43. The fourth-order valence-corrected chi connectivity index (χ4v) is 3.40. The van der Waals surface area contributed by atoms with Crippen molar-refractivity contribution in [1.82, 2.24) is 0 Å². The van der Waals surface area contributed by atoms with Crippen LogP contribution in [0.15, 0.2) is 0 Å². The maximum Gasteiger partial charge on any atom is 0.00728 e. The van der Waals surface area contributed by atoms with Crippen molar-refractivity contribution in [3.8, 4) is 0 Å². The third kappa shape index (κ3) is 4.39. The van der Waals surface area contributed by atoms with Gasteiger partial charge in [0.15, 0.2) is 0 Å². The average molecular weight is 200 g/mol. The highest BCUT2D eigenvalue weighted by atomic mass is 32.2. The molecule has 0 amide bonds. The Hall–Kier alpha value is 0.350. The summed E-state index contributed by atoms with van der Waals surface area (Å²) in [5, 5.41) is 0.952. The predicted octanol–water partition coefficient (Wildman–Crippen LogP) is 4.34. The molecule has 1 aliphatic rings. The minimum Gasteiger partial charge on any atom is -0.158 e. The first-order valence-corrected chi connectivity index (χ1v) is 6.65. The van der Waals surface area contributed by atoms with E-state index in [-0.39, 0.29) is 0 Å². The van der Waals surface area contributed by atoms with Crippen molar-refractivity contribution in [2.75, 3.05) is 5.75 Å². The molecule has 0 saturated heterocycles. The van der Waals surface area contributed by atoms with E-state index in [4.69, 9.17) is 0 Å². The Morgan fingerprint density at radius 3 is 2.31 bits per heavy atom. The van der Waals surface area contributed by atoms with Gasteiger partial charge in [0.05, 0.1) is 0 Å². The van der Waals surface area contributed by atoms with Crippen molar-refractivity contribution < 1.29 is 0 Å². The van der Waals surface area contributed by atoms with Crippen molar-refractivity contribution in [2.24, 2.45) is 11.3 Å². The highest BCUT2D eigenvalue weighted by molar-refractivity contribution is 7.99. The molecule has 0 spiro atoms. The van der Waals surface area contributed by atoms with Gasteiger partial charge in [-0.05, 0) is 29.9 Å². The number of hydrogen-bond donors (Lipinski definition) is 0. The molecule has 0 radical (unpaired) electrons. The summed E-state index contributed by atoms with van der Waals surface area (Å²) in [6, 6.07) is 0. The first-order chi connectivity index (χ1) is 5.99. The van der Waals surface area contributed by atoms with E-state index in [1.807, 2.05) is 0 Å². The second kappa shape index (κ2) is 4.72. The molecule has 0 aliphatic heterocycles. The van der Waals surface area contributed by atoms with Crippen molar-refractivity contribution >= 4 is 11.8 Å². The van der Waals surface area contributed by atoms with Gasteiger partial charge in [-0.3, -0.25) is 0 Å². The minimum atomic E-state index is 0.502. The molecule has 2 atom stereocenters. The molecule has 1 fully saturated rings. The zero-order valence-electron chi connectivity index (χ0n) is 9.60. The van der Waals surface area contributed by atoms with E-state index >= 15 is 0 Å². The van der Waals surface area contributed by atoms with Crippen LogP contribution < -0.4 is 0 Å². The smallest absolute Gasteiger partial charge is 0.00728 e. The van der Waals surface area contributed by atoms with E-state index in [2.05, 4.69) is 39.5 Å². The summed E-state index contributed by atoms with van der Waals surface area (Å²) in [6.07, 6.45) is 5.85. The Balaban J connectivity index is 2.27. The summed E-state index contributed by atoms with van der Waals surface area (Å²) in [5.41, 5.74) is 0.502. The fourth-order valence-electron chi connectivity index (χ4n) is 1.89. The van der Waals surface area contributed by atoms with Crippen LogP contribution in [0.1, 0.15) is 53.4 Å². The summed E-state index contributed by atoms with van der Waals surface area (Å²) in [7, 11) is 0. The standard InChI is InChI=1S/C12H24S/c1-10-7-5-6-8-11(10)13-9-12(2,3)4/h10-11H,5-9H2,1-4H3. The second-order valence-electron chi connectivity index (χ2n) is 5.67. The van der Waals surface area contributed by atoms with Gasteiger partial charge < -0.3 is 0 Å². The Morgan fingerprint density at radius 2 is 1.77 bits per heavy atom. The number of rotatable bonds is 2. The number of thioether (sulfide) groups is 1. The first kappa shape index (κ1) is 11.4. The maximum atomic E-state index is 2.43. The van der Waals surface area contributed by atoms with Gasteiger partial charge in [0.25, 0.3) is 0 Å². The molecule has 1 saturated carbocycles. The summed E-state index contributed by atoms with van der Waals surface area (Å²) >= 11 is 2.21. The lowest BCUT2D eigenvalue weighted by Crippen LogP contribution is -2.22. The van der Waals surface area contributed by atoms with E-state index in [1.165, 1.54) is 31.4 Å². The fraction of sp³-hybridized carbons (Fsp3) is 1.00. The van der Waals surface area contributed by atoms with Gasteiger partial charge in [-0.25, -0.2) is 0 Å². The van der Waals surface area contributed by atoms with E-state index in [1.54, 1.807) is 0 Å². The van der Waals surface area contributed by atoms with Gasteiger partial charge in [-0.1, -0.05) is 40.5 Å². The second-order valence-corrected chi connectivity index (χ2v) is 6.90. The van der Waals surface area contributed by atoms with Gasteiger partial charge >= 0.3 is 0 Å². The van der Waals surface area contributed by atoms with Crippen LogP contribution in [0.5, 0.6) is 0 Å². The molecule has 0 aromatic carbocycles. The molecular weight excluding hydrogens is 176 g/mol. The molecule has 2 unspecified atom stereocenters. The average Bonchev–Trinajstić information content (AvgIpc) is 2.01. The topological polar surface area (TPSA) is 0 Å². The van der Waals surface area contributed by atoms with Gasteiger partial charge in [-0.2, -0.15) is 11.8 Å². The number of hydrogen-bond acceptors (Lipinski definition) is 1. The van der Waals surface area contributed by atoms with E-state index in [0.29, 0.717) is 5.41 Å². The molecule has 0 N–H and O–H groups in total. The molecule has 78 valence electrons. The van der Waals surface area contributed by atoms with Crippen molar-refractivity contribution in [3.05, 3.63) is 0 Å². The minimum absolute atomic E-state index is 0.502. The quantitative estimate of drug-likeness (QED) is 0.639. The summed E-state index contributed by atoms with van der Waals surface area (Å²) in [4.78, 5) is 0. The Morgan fingerprint density at radius 1 is 1.15 bits per heavy atom. The first-order valence-electron chi connectivity index (χ1n) is 5.61. The van der Waals surface area contributed by atoms with Gasteiger partial charge in [-0.15, -0.1) is 0 Å². The third-order valence-corrected chi connectivity index (χ3v) is 4.92. The predicted molar refractivity (Wildman–Crippen MR) is 63.3 cm³/mol. The van der Waals surface area contributed by atoms with Gasteiger partial charge in [0, 0.05) is 5.25 Å². The van der Waals surface area contributed by atoms with Gasteiger partial charge in [0.1, 0.15) is 0 Å². The third-order valence-electron chi connectivity index (χ3n) is 2.76. The Bertz CT molecular complexity index is 146. The molecule has 0 nitrogen and oxygen atoms in total. The molecule has 1 aliphatic carbocycles. The van der Waals surface area contributed by atoms with Gasteiger partial charge in [0.2, 0.25) is 0 Å². The van der Waals surface area contributed by atoms with Crippen LogP contribution in [0, 0.1) is 11.3 Å². The Labute approximate surface area is 87.9 Å². The van der Waals surface area contributed by atoms with E-state index in [9.17, 15) is 0 Å². The lowest BCUT2D eigenvalue weighted by molar-refractivity contribution is 0.394. The summed E-state index contributed by atoms with van der Waals surface area (Å²) < 4.78 is 0. The van der Waals surface area contributed by atoms with Crippen molar-refractivity contribution in [1.29, 1.82) is 0 Å². The van der Waals surface area contributed by atoms with Crippen LogP contribution in [0.3, 0.4) is 0 Å². The van der Waals surface area contributed by atoms with Crippen LogP contribution in [0.25, 0.3) is 0 Å². The van der Waals surface area contributed by atoms with Crippen LogP contribution in [-0.2, 0) is 0 Å². The zero-order valence-corrected chi connectivity index (χ0v) is 10.4. The SMILES string of the molecule is CC1CCCCC1SCC(C)(C)C. The Kier molecular flexibility index (Phi) is 4.15. The molecular formula is C12H24S. The normalized spacial score (nSPS) is 30.5. The molecule has 0 bridgehead atoms. The molecule has 1 heteroatoms. The molecule has 0 aromatic rings. The van der Waals surface area contributed by atoms with Crippen molar-refractivity contribution in [2.45, 2.75) is 58.6 Å². The summed E-state index contributed by atoms with van der Waals surface area (Å²) in [5.74, 6) is 2.28. The van der Waals surface area contributed by atoms with Crippen LogP contribution in [0.2, 0.25) is 0 Å². The highest BCUT2D eigenvalue weighted by Crippen LogP contribution is 2.35. The van der Waals surface area contributed by atoms with Crippen LogP contribution in [0.4, 0.5) is 0 Å². The van der Waals surface area contributed by atoms with Crippen molar-refractivity contribution in [3.63, 3.8) is 0 Å². The molecule has 0 aromatic heterocycles. The van der Waals surface area contributed by atoms with E-state index in [0.717, 1.165) is 11.2 Å². The lowest BCUT2D eigenvalue weighted by Gasteiger charge is -2.30. The molecule has 1 rings (SSSR count). The monoisotopic (exact) mass is 200 g/mol. The van der Waals surface area contributed by atoms with E-state index < -0.39 is 0 Å². The zero-order chi connectivity index (χ0) is 9.90. The molecule has 0 heterocycles. The summed E-state index contributed by atoms with van der Waals surface area (Å²) in [6.45, 7) is 9.45. The lowest BCUT2D eigenvalue weighted by atomic mass is 9.90. The van der Waals surface area contributed by atoms with Crippen LogP contribution >= 0.6 is 11.8 Å². The molecule has 13 heavy (non-hydrogen) atoms. The largest absolute Gasteiger partial charge is 0.158 e.